The molecule has 0 saturated heterocycles. The topological polar surface area (TPSA) is 102 Å². The molecule has 2 atom stereocenters. The number of nitrogens with zero attached hydrogens (tertiary/aromatic N) is 1. The molecule has 8 nitrogen and oxygen atoms in total. The lowest BCUT2D eigenvalue weighted by molar-refractivity contribution is -0.151. The van der Waals surface area contributed by atoms with Crippen molar-refractivity contribution in [3.63, 3.8) is 0 Å². The van der Waals surface area contributed by atoms with Crippen molar-refractivity contribution in [2.75, 3.05) is 6.54 Å². The zero-order chi connectivity index (χ0) is 26.5. The van der Waals surface area contributed by atoms with Gasteiger partial charge in [-0.3, -0.25) is 9.69 Å². The summed E-state index contributed by atoms with van der Waals surface area (Å²) in [6, 6.07) is 26.1. The number of carbonyl (C=O) groups is 3. The second kappa shape index (κ2) is 14.4. The number of esters is 1. The summed E-state index contributed by atoms with van der Waals surface area (Å²) in [5, 5.41) is 10.0. The van der Waals surface area contributed by atoms with E-state index < -0.39 is 30.2 Å². The van der Waals surface area contributed by atoms with Gasteiger partial charge in [-0.2, -0.15) is 0 Å². The standard InChI is InChI=1S/C29H31NO7/c1-22(35-19-23-11-5-2-6-12-23)27(28(32)33)30(29(34)37-21-25-15-9-4-10-16-25)18-17-26(31)36-20-24-13-7-3-8-14-24/h2-16,22,27H,17-21H2,1H3,(H,32,33)/t22-,27+/m1/s1. The van der Waals surface area contributed by atoms with E-state index >= 15 is 0 Å². The highest BCUT2D eigenvalue weighted by Crippen LogP contribution is 2.16. The summed E-state index contributed by atoms with van der Waals surface area (Å²) in [6.45, 7) is 1.57. The average molecular weight is 506 g/mol. The van der Waals surface area contributed by atoms with Crippen LogP contribution in [0.4, 0.5) is 4.79 Å². The molecule has 0 bridgehead atoms. The van der Waals surface area contributed by atoms with Crippen LogP contribution in [0.3, 0.4) is 0 Å². The van der Waals surface area contributed by atoms with Gasteiger partial charge in [0.15, 0.2) is 6.04 Å². The Hall–Kier alpha value is -4.17. The SMILES string of the molecule is C[C@@H](OCc1ccccc1)[C@@H](C(=O)O)N(CCC(=O)OCc1ccccc1)C(=O)OCc1ccccc1. The molecule has 0 aliphatic heterocycles. The number of aliphatic carboxylic acids is 1. The molecule has 1 N–H and O–H groups in total. The van der Waals surface area contributed by atoms with E-state index in [0.29, 0.717) is 0 Å². The number of carboxylic acids is 1. The summed E-state index contributed by atoms with van der Waals surface area (Å²) in [7, 11) is 0. The number of amides is 1. The highest BCUT2D eigenvalue weighted by molar-refractivity contribution is 5.81. The molecular weight excluding hydrogens is 474 g/mol. The quantitative estimate of drug-likeness (QED) is 0.332. The number of carboxylic acid groups (broad SMARTS) is 1. The Morgan fingerprint density at radius 3 is 1.68 bits per heavy atom. The fourth-order valence-electron chi connectivity index (χ4n) is 3.65. The van der Waals surface area contributed by atoms with E-state index in [0.717, 1.165) is 21.6 Å². The van der Waals surface area contributed by atoms with E-state index in [-0.39, 0.29) is 32.8 Å². The summed E-state index contributed by atoms with van der Waals surface area (Å²) >= 11 is 0. The van der Waals surface area contributed by atoms with Crippen molar-refractivity contribution in [2.45, 2.75) is 45.3 Å². The van der Waals surface area contributed by atoms with E-state index in [1.807, 2.05) is 78.9 Å². The fourth-order valence-corrected chi connectivity index (χ4v) is 3.65. The summed E-state index contributed by atoms with van der Waals surface area (Å²) in [6.07, 6.45) is -1.95. The van der Waals surface area contributed by atoms with Gasteiger partial charge in [-0.25, -0.2) is 9.59 Å². The van der Waals surface area contributed by atoms with Crippen LogP contribution in [0.25, 0.3) is 0 Å². The number of hydrogen-bond acceptors (Lipinski definition) is 6. The zero-order valence-electron chi connectivity index (χ0n) is 20.7. The van der Waals surface area contributed by atoms with Crippen LogP contribution >= 0.6 is 0 Å². The summed E-state index contributed by atoms with van der Waals surface area (Å²) in [4.78, 5) is 38.8. The molecule has 37 heavy (non-hydrogen) atoms. The Morgan fingerprint density at radius 2 is 1.19 bits per heavy atom. The molecule has 3 aromatic rings. The minimum absolute atomic E-state index is 0.0414. The van der Waals surface area contributed by atoms with Crippen LogP contribution < -0.4 is 0 Å². The van der Waals surface area contributed by atoms with Crippen molar-refractivity contribution in [3.05, 3.63) is 108 Å². The number of carbonyl (C=O) groups excluding carboxylic acids is 2. The van der Waals surface area contributed by atoms with Gasteiger partial charge in [-0.1, -0.05) is 91.0 Å². The molecule has 1 amide bonds. The molecule has 0 fully saturated rings. The molecular formula is C29H31NO7. The minimum Gasteiger partial charge on any atom is -0.480 e. The maximum Gasteiger partial charge on any atom is 0.410 e. The van der Waals surface area contributed by atoms with Crippen molar-refractivity contribution in [1.29, 1.82) is 0 Å². The van der Waals surface area contributed by atoms with Crippen LogP contribution in [0, 0.1) is 0 Å². The van der Waals surface area contributed by atoms with E-state index in [4.69, 9.17) is 14.2 Å². The van der Waals surface area contributed by atoms with Crippen LogP contribution in [0.2, 0.25) is 0 Å². The first-order chi connectivity index (χ1) is 17.9. The lowest BCUT2D eigenvalue weighted by Gasteiger charge is -2.32. The van der Waals surface area contributed by atoms with Crippen molar-refractivity contribution < 1.29 is 33.7 Å². The fraction of sp³-hybridized carbons (Fsp3) is 0.276. The second-order valence-electron chi connectivity index (χ2n) is 8.41. The largest absolute Gasteiger partial charge is 0.480 e. The first-order valence-electron chi connectivity index (χ1n) is 12.0. The number of benzene rings is 3. The van der Waals surface area contributed by atoms with Crippen LogP contribution in [0.1, 0.15) is 30.0 Å². The third kappa shape index (κ3) is 9.09. The maximum absolute atomic E-state index is 13.1. The Morgan fingerprint density at radius 1 is 0.730 bits per heavy atom. The first kappa shape index (κ1) is 27.4. The number of ether oxygens (including phenoxy) is 3. The lowest BCUT2D eigenvalue weighted by Crippen LogP contribution is -2.52. The summed E-state index contributed by atoms with van der Waals surface area (Å²) in [5.41, 5.74) is 2.43. The molecule has 0 spiro atoms. The lowest BCUT2D eigenvalue weighted by atomic mass is 10.1. The first-order valence-corrected chi connectivity index (χ1v) is 12.0. The molecule has 0 unspecified atom stereocenters. The smallest absolute Gasteiger partial charge is 0.410 e. The van der Waals surface area contributed by atoms with Crippen molar-refractivity contribution in [1.82, 2.24) is 4.90 Å². The van der Waals surface area contributed by atoms with Gasteiger partial charge < -0.3 is 19.3 Å². The molecule has 0 heterocycles. The molecule has 0 radical (unpaired) electrons. The highest BCUT2D eigenvalue weighted by atomic mass is 16.6. The molecule has 0 aliphatic carbocycles. The van der Waals surface area contributed by atoms with Crippen molar-refractivity contribution >= 4 is 18.0 Å². The monoisotopic (exact) mass is 505 g/mol. The van der Waals surface area contributed by atoms with Crippen LogP contribution in [0.5, 0.6) is 0 Å². The number of rotatable bonds is 13. The maximum atomic E-state index is 13.1. The van der Waals surface area contributed by atoms with Gasteiger partial charge in [0.05, 0.1) is 19.1 Å². The molecule has 0 aromatic heterocycles. The van der Waals surface area contributed by atoms with E-state index in [2.05, 4.69) is 0 Å². The molecule has 194 valence electrons. The molecule has 3 rings (SSSR count). The van der Waals surface area contributed by atoms with Crippen LogP contribution in [0.15, 0.2) is 91.0 Å². The van der Waals surface area contributed by atoms with E-state index in [9.17, 15) is 19.5 Å². The highest BCUT2D eigenvalue weighted by Gasteiger charge is 2.36. The molecule has 8 heteroatoms. The average Bonchev–Trinajstić information content (AvgIpc) is 2.93. The number of hydrogen-bond donors (Lipinski definition) is 1. The van der Waals surface area contributed by atoms with Gasteiger partial charge >= 0.3 is 18.0 Å². The Balaban J connectivity index is 1.68. The normalized spacial score (nSPS) is 12.2. The Labute approximate surface area is 216 Å². The van der Waals surface area contributed by atoms with Crippen LogP contribution in [-0.2, 0) is 43.6 Å². The summed E-state index contributed by atoms with van der Waals surface area (Å²) < 4.78 is 16.5. The van der Waals surface area contributed by atoms with Gasteiger partial charge in [0.25, 0.3) is 0 Å². The van der Waals surface area contributed by atoms with Gasteiger partial charge in [-0.15, -0.1) is 0 Å². The van der Waals surface area contributed by atoms with Gasteiger partial charge in [-0.05, 0) is 23.6 Å². The molecule has 0 saturated carbocycles. The van der Waals surface area contributed by atoms with Crippen molar-refractivity contribution in [2.24, 2.45) is 0 Å². The van der Waals surface area contributed by atoms with Crippen LogP contribution in [-0.4, -0.2) is 46.7 Å². The third-order valence-electron chi connectivity index (χ3n) is 5.63. The molecule has 3 aromatic carbocycles. The molecule has 0 aliphatic rings. The Bertz CT molecular complexity index is 1120. The predicted octanol–water partition coefficient (Wildman–Crippen LogP) is 4.82. The van der Waals surface area contributed by atoms with Gasteiger partial charge in [0.2, 0.25) is 0 Å². The predicted molar refractivity (Wildman–Crippen MR) is 136 cm³/mol. The van der Waals surface area contributed by atoms with Crippen molar-refractivity contribution in [3.8, 4) is 0 Å². The van der Waals surface area contributed by atoms with Gasteiger partial charge in [0.1, 0.15) is 13.2 Å². The minimum atomic E-state index is -1.38. The zero-order valence-corrected chi connectivity index (χ0v) is 20.7. The Kier molecular flexibility index (Phi) is 10.7. The van der Waals surface area contributed by atoms with E-state index in [1.165, 1.54) is 0 Å². The van der Waals surface area contributed by atoms with E-state index in [1.54, 1.807) is 19.1 Å². The second-order valence-corrected chi connectivity index (χ2v) is 8.41. The van der Waals surface area contributed by atoms with Gasteiger partial charge in [0, 0.05) is 6.54 Å². The summed E-state index contributed by atoms with van der Waals surface area (Å²) in [5.74, 6) is -1.83. The third-order valence-corrected chi connectivity index (χ3v) is 5.63.